The maximum Gasteiger partial charge on any atom is 0.348 e. The molecule has 0 aliphatic rings. The summed E-state index contributed by atoms with van der Waals surface area (Å²) in [6, 6.07) is 14.8. The summed E-state index contributed by atoms with van der Waals surface area (Å²) in [6.45, 7) is 0. The van der Waals surface area contributed by atoms with Crippen LogP contribution in [-0.2, 0) is 0 Å². The van der Waals surface area contributed by atoms with Gasteiger partial charge in [0.15, 0.2) is 11.5 Å². The summed E-state index contributed by atoms with van der Waals surface area (Å²) < 4.78 is 1.26. The molecule has 6 heteroatoms. The maximum atomic E-state index is 12.1. The van der Waals surface area contributed by atoms with Gasteiger partial charge in [0.2, 0.25) is 0 Å². The van der Waals surface area contributed by atoms with Crippen LogP contribution in [0.3, 0.4) is 0 Å². The number of halogens is 1. The van der Waals surface area contributed by atoms with E-state index in [1.165, 1.54) is 4.52 Å². The number of aromatic nitrogens is 4. The van der Waals surface area contributed by atoms with Crippen LogP contribution in [0.15, 0.2) is 53.3 Å². The molecule has 102 valence electrons. The summed E-state index contributed by atoms with van der Waals surface area (Å²) in [4.78, 5) is 19.4. The highest BCUT2D eigenvalue weighted by atomic mass is 35.5. The topological polar surface area (TPSA) is 63.0 Å². The lowest BCUT2D eigenvalue weighted by Crippen LogP contribution is -2.17. The molecule has 0 atom stereocenters. The van der Waals surface area contributed by atoms with E-state index >= 15 is 0 Å². The lowest BCUT2D eigenvalue weighted by atomic mass is 10.2. The van der Waals surface area contributed by atoms with Crippen LogP contribution in [0.4, 0.5) is 0 Å². The first-order valence-corrected chi connectivity index (χ1v) is 6.74. The van der Waals surface area contributed by atoms with Crippen molar-refractivity contribution in [2.24, 2.45) is 0 Å². The number of hydrogen-bond acceptors (Lipinski definition) is 3. The quantitative estimate of drug-likeness (QED) is 0.587. The van der Waals surface area contributed by atoms with Gasteiger partial charge in [0.1, 0.15) is 0 Å². The van der Waals surface area contributed by atoms with Gasteiger partial charge in [-0.25, -0.2) is 9.78 Å². The summed E-state index contributed by atoms with van der Waals surface area (Å²) in [6.07, 6.45) is 0. The number of nitrogens with one attached hydrogen (secondary N) is 1. The standard InChI is InChI=1S/C15H9ClN4O/c16-10-6-7-12-11(8-10)14-18-13(9-4-2-1-3-5-9)19-20(14)15(21)17-12/h1-8H,(H,17,21). The van der Waals surface area contributed by atoms with E-state index in [0.29, 0.717) is 22.0 Å². The molecule has 1 N–H and O–H groups in total. The minimum Gasteiger partial charge on any atom is -0.305 e. The van der Waals surface area contributed by atoms with Gasteiger partial charge in [-0.1, -0.05) is 41.9 Å². The first-order chi connectivity index (χ1) is 10.2. The van der Waals surface area contributed by atoms with Gasteiger partial charge in [-0.3, -0.25) is 0 Å². The summed E-state index contributed by atoms with van der Waals surface area (Å²) in [5.74, 6) is 0.508. The van der Waals surface area contributed by atoms with E-state index in [1.54, 1.807) is 18.2 Å². The molecule has 4 rings (SSSR count). The second kappa shape index (κ2) is 4.43. The predicted molar refractivity (Wildman–Crippen MR) is 81.6 cm³/mol. The predicted octanol–water partition coefficient (Wildman–Crippen LogP) is 2.89. The molecule has 4 aromatic rings. The molecule has 0 saturated carbocycles. The Bertz CT molecular complexity index is 1020. The third-order valence-corrected chi connectivity index (χ3v) is 3.53. The van der Waals surface area contributed by atoms with Crippen molar-refractivity contribution in [2.45, 2.75) is 0 Å². The van der Waals surface area contributed by atoms with Crippen molar-refractivity contribution in [1.82, 2.24) is 19.6 Å². The Balaban J connectivity index is 2.11. The lowest BCUT2D eigenvalue weighted by molar-refractivity contribution is 0.885. The summed E-state index contributed by atoms with van der Waals surface area (Å²) in [5, 5.41) is 5.63. The molecule has 2 heterocycles. The molecule has 2 aromatic carbocycles. The van der Waals surface area contributed by atoms with E-state index in [1.807, 2.05) is 30.3 Å². The number of aromatic amines is 1. The molecule has 0 fully saturated rings. The normalized spacial score (nSPS) is 11.3. The Morgan fingerprint density at radius 2 is 1.90 bits per heavy atom. The Labute approximate surface area is 123 Å². The molecule has 0 saturated heterocycles. The first-order valence-electron chi connectivity index (χ1n) is 6.36. The molecule has 5 nitrogen and oxygen atoms in total. The Kier molecular flexibility index (Phi) is 2.55. The second-order valence-corrected chi connectivity index (χ2v) is 5.09. The van der Waals surface area contributed by atoms with Crippen molar-refractivity contribution in [3.05, 3.63) is 64.0 Å². The van der Waals surface area contributed by atoms with Crippen molar-refractivity contribution >= 4 is 28.2 Å². The fourth-order valence-corrected chi connectivity index (χ4v) is 2.49. The summed E-state index contributed by atoms with van der Waals surface area (Å²) in [7, 11) is 0. The van der Waals surface area contributed by atoms with Gasteiger partial charge >= 0.3 is 5.69 Å². The SMILES string of the molecule is O=c1[nH]c2ccc(Cl)cc2c2nc(-c3ccccc3)nn12. The third kappa shape index (κ3) is 1.90. The molecule has 0 aliphatic carbocycles. The average Bonchev–Trinajstić information content (AvgIpc) is 2.95. The van der Waals surface area contributed by atoms with Crippen molar-refractivity contribution in [3.63, 3.8) is 0 Å². The number of rotatable bonds is 1. The van der Waals surface area contributed by atoms with Gasteiger partial charge in [0.25, 0.3) is 0 Å². The van der Waals surface area contributed by atoms with E-state index < -0.39 is 0 Å². The molecule has 0 aliphatic heterocycles. The van der Waals surface area contributed by atoms with Crippen LogP contribution in [0.25, 0.3) is 27.9 Å². The molecule has 21 heavy (non-hydrogen) atoms. The van der Waals surface area contributed by atoms with Crippen LogP contribution >= 0.6 is 11.6 Å². The molecule has 0 amide bonds. The molecule has 0 unspecified atom stereocenters. The lowest BCUT2D eigenvalue weighted by Gasteiger charge is -1.99. The Morgan fingerprint density at radius 1 is 1.10 bits per heavy atom. The van der Waals surface area contributed by atoms with Crippen LogP contribution in [0.5, 0.6) is 0 Å². The van der Waals surface area contributed by atoms with Crippen molar-refractivity contribution in [2.75, 3.05) is 0 Å². The zero-order chi connectivity index (χ0) is 14.4. The highest BCUT2D eigenvalue weighted by molar-refractivity contribution is 6.31. The van der Waals surface area contributed by atoms with Crippen LogP contribution < -0.4 is 5.69 Å². The smallest absolute Gasteiger partial charge is 0.305 e. The van der Waals surface area contributed by atoms with Gasteiger partial charge in [-0.15, -0.1) is 5.10 Å². The molecule has 2 aromatic heterocycles. The highest BCUT2D eigenvalue weighted by Gasteiger charge is 2.12. The van der Waals surface area contributed by atoms with Gasteiger partial charge in [-0.2, -0.15) is 4.52 Å². The van der Waals surface area contributed by atoms with Crippen molar-refractivity contribution < 1.29 is 0 Å². The van der Waals surface area contributed by atoms with Crippen molar-refractivity contribution in [1.29, 1.82) is 0 Å². The van der Waals surface area contributed by atoms with Crippen LogP contribution in [0, 0.1) is 0 Å². The zero-order valence-corrected chi connectivity index (χ0v) is 11.5. The van der Waals surface area contributed by atoms with Gasteiger partial charge in [0, 0.05) is 16.0 Å². The van der Waals surface area contributed by atoms with E-state index in [2.05, 4.69) is 15.1 Å². The Hall–Kier alpha value is -2.66. The number of benzene rings is 2. The number of hydrogen-bond donors (Lipinski definition) is 1. The zero-order valence-electron chi connectivity index (χ0n) is 10.7. The molecular formula is C15H9ClN4O. The summed E-state index contributed by atoms with van der Waals surface area (Å²) in [5.41, 5.74) is 1.71. The minimum absolute atomic E-state index is 0.325. The highest BCUT2D eigenvalue weighted by Crippen LogP contribution is 2.22. The van der Waals surface area contributed by atoms with Gasteiger partial charge in [0.05, 0.1) is 5.52 Å². The molecular weight excluding hydrogens is 288 g/mol. The van der Waals surface area contributed by atoms with Crippen molar-refractivity contribution in [3.8, 4) is 11.4 Å². The average molecular weight is 297 g/mol. The minimum atomic E-state index is -0.325. The van der Waals surface area contributed by atoms with Crippen LogP contribution in [0.2, 0.25) is 5.02 Å². The van der Waals surface area contributed by atoms with E-state index in [9.17, 15) is 4.79 Å². The second-order valence-electron chi connectivity index (χ2n) is 4.66. The van der Waals surface area contributed by atoms with E-state index in [-0.39, 0.29) is 5.69 Å². The summed E-state index contributed by atoms with van der Waals surface area (Å²) >= 11 is 6.03. The molecule has 0 radical (unpaired) electrons. The largest absolute Gasteiger partial charge is 0.348 e. The monoisotopic (exact) mass is 296 g/mol. The van der Waals surface area contributed by atoms with Crippen LogP contribution in [-0.4, -0.2) is 19.6 Å². The molecule has 0 bridgehead atoms. The fourth-order valence-electron chi connectivity index (χ4n) is 2.32. The van der Waals surface area contributed by atoms with E-state index in [4.69, 9.17) is 11.6 Å². The van der Waals surface area contributed by atoms with Gasteiger partial charge in [-0.05, 0) is 18.2 Å². The number of nitrogens with zero attached hydrogens (tertiary/aromatic N) is 3. The molecule has 0 spiro atoms. The van der Waals surface area contributed by atoms with Gasteiger partial charge < -0.3 is 4.98 Å². The maximum absolute atomic E-state index is 12.1. The first kappa shape index (κ1) is 12.1. The van der Waals surface area contributed by atoms with Crippen LogP contribution in [0.1, 0.15) is 0 Å². The number of fused-ring (bicyclic) bond motifs is 3. The van der Waals surface area contributed by atoms with E-state index in [0.717, 1.165) is 10.9 Å². The Morgan fingerprint density at radius 3 is 2.71 bits per heavy atom. The fraction of sp³-hybridized carbons (Fsp3) is 0. The number of H-pyrrole nitrogens is 1. The third-order valence-electron chi connectivity index (χ3n) is 3.30.